The van der Waals surface area contributed by atoms with E-state index >= 15 is 0 Å². The number of halogens is 1. The van der Waals surface area contributed by atoms with Crippen LogP contribution in [0.4, 0.5) is 11.7 Å². The molecule has 6 nitrogen and oxygen atoms in total. The lowest BCUT2D eigenvalue weighted by atomic mass is 10.2. The predicted octanol–water partition coefficient (Wildman–Crippen LogP) is 2.17. The summed E-state index contributed by atoms with van der Waals surface area (Å²) in [5, 5.41) is 6.54. The first-order valence-electron chi connectivity index (χ1n) is 5.14. The van der Waals surface area contributed by atoms with E-state index in [0.29, 0.717) is 11.6 Å². The molecule has 2 aromatic rings. The number of nitrogens with two attached hydrogens (primary N) is 1. The van der Waals surface area contributed by atoms with Crippen molar-refractivity contribution in [3.05, 3.63) is 34.1 Å². The van der Waals surface area contributed by atoms with Crippen molar-refractivity contribution >= 4 is 29.2 Å². The Bertz CT molecular complexity index is 609. The van der Waals surface area contributed by atoms with Crippen LogP contribution in [-0.2, 0) is 0 Å². The van der Waals surface area contributed by atoms with Gasteiger partial charge in [-0.05, 0) is 19.9 Å². The van der Waals surface area contributed by atoms with E-state index < -0.39 is 5.91 Å². The van der Waals surface area contributed by atoms with Crippen LogP contribution in [0.25, 0.3) is 0 Å². The molecule has 0 saturated heterocycles. The SMILES string of the molecule is Cc1noc(NC(=O)c2cc(N)ncc2Cl)c1C. The largest absolute Gasteiger partial charge is 0.384 e. The van der Waals surface area contributed by atoms with Gasteiger partial charge in [0.1, 0.15) is 5.82 Å². The normalized spacial score (nSPS) is 10.4. The smallest absolute Gasteiger partial charge is 0.259 e. The van der Waals surface area contributed by atoms with Crippen molar-refractivity contribution in [3.8, 4) is 0 Å². The van der Waals surface area contributed by atoms with Crippen molar-refractivity contribution in [2.24, 2.45) is 0 Å². The molecule has 0 aliphatic carbocycles. The molecule has 0 saturated carbocycles. The molecule has 0 aliphatic heterocycles. The number of aryl methyl sites for hydroxylation is 1. The Morgan fingerprint density at radius 3 is 2.83 bits per heavy atom. The van der Waals surface area contributed by atoms with Crippen LogP contribution >= 0.6 is 11.6 Å². The lowest BCUT2D eigenvalue weighted by molar-refractivity contribution is 0.102. The van der Waals surface area contributed by atoms with Crippen LogP contribution in [0.2, 0.25) is 5.02 Å². The number of carbonyl (C=O) groups is 1. The zero-order chi connectivity index (χ0) is 13.3. The number of aromatic nitrogens is 2. The fourth-order valence-electron chi connectivity index (χ4n) is 1.33. The number of hydrogen-bond acceptors (Lipinski definition) is 5. The van der Waals surface area contributed by atoms with Crippen LogP contribution in [0.5, 0.6) is 0 Å². The van der Waals surface area contributed by atoms with Crippen LogP contribution in [0, 0.1) is 13.8 Å². The van der Waals surface area contributed by atoms with Gasteiger partial charge in [-0.15, -0.1) is 0 Å². The second kappa shape index (κ2) is 4.66. The molecule has 2 heterocycles. The van der Waals surface area contributed by atoms with Crippen molar-refractivity contribution < 1.29 is 9.32 Å². The molecule has 7 heteroatoms. The first-order valence-corrected chi connectivity index (χ1v) is 5.52. The molecule has 0 aromatic carbocycles. The minimum absolute atomic E-state index is 0.218. The summed E-state index contributed by atoms with van der Waals surface area (Å²) in [5.74, 6) is 0.0901. The maximum absolute atomic E-state index is 12.0. The van der Waals surface area contributed by atoms with Crippen LogP contribution in [-0.4, -0.2) is 16.0 Å². The molecule has 0 radical (unpaired) electrons. The van der Waals surface area contributed by atoms with E-state index in [1.807, 2.05) is 0 Å². The van der Waals surface area contributed by atoms with Gasteiger partial charge < -0.3 is 10.3 Å². The number of nitrogens with one attached hydrogen (secondary N) is 1. The van der Waals surface area contributed by atoms with Crippen molar-refractivity contribution in [3.63, 3.8) is 0 Å². The van der Waals surface area contributed by atoms with Gasteiger partial charge >= 0.3 is 0 Å². The zero-order valence-electron chi connectivity index (χ0n) is 9.82. The van der Waals surface area contributed by atoms with Crippen molar-refractivity contribution in [2.45, 2.75) is 13.8 Å². The number of rotatable bonds is 2. The average Bonchev–Trinajstić information content (AvgIpc) is 2.64. The number of nitrogen functional groups attached to an aromatic ring is 1. The molecule has 2 aromatic heterocycles. The lowest BCUT2D eigenvalue weighted by Gasteiger charge is -2.04. The minimum atomic E-state index is -0.423. The van der Waals surface area contributed by atoms with Gasteiger partial charge in [0.25, 0.3) is 5.91 Å². The Hall–Kier alpha value is -2.08. The summed E-state index contributed by atoms with van der Waals surface area (Å²) in [5.41, 5.74) is 7.22. The highest BCUT2D eigenvalue weighted by molar-refractivity contribution is 6.34. The molecule has 94 valence electrons. The Morgan fingerprint density at radius 1 is 1.50 bits per heavy atom. The lowest BCUT2D eigenvalue weighted by Crippen LogP contribution is -2.13. The van der Waals surface area contributed by atoms with Crippen LogP contribution in [0.1, 0.15) is 21.6 Å². The Labute approximate surface area is 108 Å². The van der Waals surface area contributed by atoms with Gasteiger partial charge in [0.2, 0.25) is 5.88 Å². The Balaban J connectivity index is 2.27. The van der Waals surface area contributed by atoms with Gasteiger partial charge in [0, 0.05) is 11.8 Å². The van der Waals surface area contributed by atoms with Crippen molar-refractivity contribution in [1.82, 2.24) is 10.1 Å². The van der Waals surface area contributed by atoms with Gasteiger partial charge in [-0.2, -0.15) is 0 Å². The van der Waals surface area contributed by atoms with E-state index in [1.54, 1.807) is 13.8 Å². The highest BCUT2D eigenvalue weighted by Gasteiger charge is 2.16. The molecule has 0 unspecified atom stereocenters. The number of pyridine rings is 1. The monoisotopic (exact) mass is 266 g/mol. The van der Waals surface area contributed by atoms with E-state index in [9.17, 15) is 4.79 Å². The van der Waals surface area contributed by atoms with Gasteiger partial charge in [0.15, 0.2) is 0 Å². The predicted molar refractivity (Wildman–Crippen MR) is 67.6 cm³/mol. The van der Waals surface area contributed by atoms with E-state index in [-0.39, 0.29) is 16.4 Å². The molecule has 3 N–H and O–H groups in total. The van der Waals surface area contributed by atoms with Gasteiger partial charge in [-0.3, -0.25) is 10.1 Å². The summed E-state index contributed by atoms with van der Waals surface area (Å²) >= 11 is 5.88. The number of hydrogen-bond donors (Lipinski definition) is 2. The summed E-state index contributed by atoms with van der Waals surface area (Å²) < 4.78 is 4.99. The van der Waals surface area contributed by atoms with Gasteiger partial charge in [0.05, 0.1) is 16.3 Å². The second-order valence-corrected chi connectivity index (χ2v) is 4.17. The molecule has 2 rings (SSSR count). The number of anilines is 2. The second-order valence-electron chi connectivity index (χ2n) is 3.77. The molecule has 18 heavy (non-hydrogen) atoms. The molecule has 0 atom stereocenters. The van der Waals surface area contributed by atoms with Crippen LogP contribution in [0.15, 0.2) is 16.8 Å². The first-order chi connectivity index (χ1) is 8.49. The molecular formula is C11H11ClN4O2. The molecule has 0 bridgehead atoms. The molecule has 0 spiro atoms. The molecular weight excluding hydrogens is 256 g/mol. The van der Waals surface area contributed by atoms with Gasteiger partial charge in [-0.25, -0.2) is 4.98 Å². The number of nitrogens with zero attached hydrogens (tertiary/aromatic N) is 2. The fraction of sp³-hybridized carbons (Fsp3) is 0.182. The third kappa shape index (κ3) is 2.28. The van der Waals surface area contributed by atoms with Crippen molar-refractivity contribution in [1.29, 1.82) is 0 Å². The maximum Gasteiger partial charge on any atom is 0.259 e. The minimum Gasteiger partial charge on any atom is -0.384 e. The third-order valence-corrected chi connectivity index (χ3v) is 2.81. The summed E-state index contributed by atoms with van der Waals surface area (Å²) in [6, 6.07) is 1.40. The average molecular weight is 267 g/mol. The zero-order valence-corrected chi connectivity index (χ0v) is 10.6. The summed E-state index contributed by atoms with van der Waals surface area (Å²) in [6.45, 7) is 3.58. The summed E-state index contributed by atoms with van der Waals surface area (Å²) in [4.78, 5) is 15.8. The molecule has 0 fully saturated rings. The third-order valence-electron chi connectivity index (χ3n) is 2.51. The first kappa shape index (κ1) is 12.4. The quantitative estimate of drug-likeness (QED) is 0.869. The van der Waals surface area contributed by atoms with Gasteiger partial charge in [-0.1, -0.05) is 16.8 Å². The fourth-order valence-corrected chi connectivity index (χ4v) is 1.52. The van der Waals surface area contributed by atoms with Crippen LogP contribution < -0.4 is 11.1 Å². The number of amides is 1. The Kier molecular flexibility index (Phi) is 3.20. The van der Waals surface area contributed by atoms with E-state index in [0.717, 1.165) is 5.56 Å². The summed E-state index contributed by atoms with van der Waals surface area (Å²) in [6.07, 6.45) is 1.32. The highest BCUT2D eigenvalue weighted by atomic mass is 35.5. The summed E-state index contributed by atoms with van der Waals surface area (Å²) in [7, 11) is 0. The van der Waals surface area contributed by atoms with E-state index in [4.69, 9.17) is 21.9 Å². The molecule has 1 amide bonds. The standard InChI is InChI=1S/C11H11ClN4O2/c1-5-6(2)16-18-11(5)15-10(17)7-3-9(13)14-4-8(7)12/h3-4H,1-2H3,(H2,13,14)(H,15,17). The Morgan fingerprint density at radius 2 is 2.22 bits per heavy atom. The van der Waals surface area contributed by atoms with E-state index in [2.05, 4.69) is 15.5 Å². The van der Waals surface area contributed by atoms with Crippen LogP contribution in [0.3, 0.4) is 0 Å². The number of carbonyl (C=O) groups excluding carboxylic acids is 1. The van der Waals surface area contributed by atoms with E-state index in [1.165, 1.54) is 12.3 Å². The van der Waals surface area contributed by atoms with Crippen molar-refractivity contribution in [2.75, 3.05) is 11.1 Å². The maximum atomic E-state index is 12.0. The molecule has 0 aliphatic rings. The topological polar surface area (TPSA) is 94.0 Å². The highest BCUT2D eigenvalue weighted by Crippen LogP contribution is 2.21.